The van der Waals surface area contributed by atoms with E-state index in [1.54, 1.807) is 12.1 Å². The van der Waals surface area contributed by atoms with Gasteiger partial charge in [0.05, 0.1) is 11.3 Å². The third kappa shape index (κ3) is 2.79. The lowest BCUT2D eigenvalue weighted by Gasteiger charge is -2.24. The molecule has 1 aromatic rings. The zero-order valence-electron chi connectivity index (χ0n) is 9.32. The molecule has 0 radical (unpaired) electrons. The Balaban J connectivity index is 2.99. The number of nitrogens with zero attached hydrogens (tertiary/aromatic N) is 1. The Morgan fingerprint density at radius 2 is 2.25 bits per heavy atom. The molecule has 1 N–H and O–H groups in total. The maximum atomic E-state index is 13.4. The Kier molecular flexibility index (Phi) is 4.92. The van der Waals surface area contributed by atoms with E-state index >= 15 is 0 Å². The molecule has 0 saturated carbocycles. The van der Waals surface area contributed by atoms with Crippen molar-refractivity contribution >= 4 is 12.0 Å². The molecule has 0 aromatic heterocycles. The lowest BCUT2D eigenvalue weighted by molar-refractivity contribution is 0.112. The number of benzene rings is 1. The van der Waals surface area contributed by atoms with Crippen LogP contribution in [0.1, 0.15) is 23.7 Å². The average molecular weight is 225 g/mol. The fourth-order valence-corrected chi connectivity index (χ4v) is 1.63. The van der Waals surface area contributed by atoms with Crippen LogP contribution >= 0.6 is 0 Å². The van der Waals surface area contributed by atoms with Gasteiger partial charge in [0.15, 0.2) is 6.29 Å². The summed E-state index contributed by atoms with van der Waals surface area (Å²) in [5, 5.41) is 8.77. The number of aliphatic hydroxyl groups excluding tert-OH is 1. The van der Waals surface area contributed by atoms with Crippen LogP contribution < -0.4 is 4.90 Å². The van der Waals surface area contributed by atoms with Crippen LogP contribution in [0.3, 0.4) is 0 Å². The highest BCUT2D eigenvalue weighted by molar-refractivity contribution is 5.84. The summed E-state index contributed by atoms with van der Waals surface area (Å²) in [4.78, 5) is 12.7. The van der Waals surface area contributed by atoms with Gasteiger partial charge in [-0.3, -0.25) is 4.79 Å². The minimum atomic E-state index is -0.505. The highest BCUT2D eigenvalue weighted by Crippen LogP contribution is 2.21. The van der Waals surface area contributed by atoms with Gasteiger partial charge in [-0.25, -0.2) is 4.39 Å². The molecule has 4 heteroatoms. The average Bonchev–Trinajstić information content (AvgIpc) is 2.30. The van der Waals surface area contributed by atoms with Crippen LogP contribution in [0.25, 0.3) is 0 Å². The van der Waals surface area contributed by atoms with E-state index < -0.39 is 5.82 Å². The van der Waals surface area contributed by atoms with Crippen LogP contribution in [-0.4, -0.2) is 31.1 Å². The number of hydrogen-bond donors (Lipinski definition) is 1. The smallest absolute Gasteiger partial charge is 0.155 e. The van der Waals surface area contributed by atoms with E-state index in [1.165, 1.54) is 6.07 Å². The van der Waals surface area contributed by atoms with Gasteiger partial charge < -0.3 is 10.0 Å². The zero-order chi connectivity index (χ0) is 12.0. The van der Waals surface area contributed by atoms with E-state index in [2.05, 4.69) is 0 Å². The largest absolute Gasteiger partial charge is 0.396 e. The Morgan fingerprint density at radius 3 is 2.81 bits per heavy atom. The van der Waals surface area contributed by atoms with Crippen LogP contribution in [0.4, 0.5) is 10.1 Å². The fraction of sp³-hybridized carbons (Fsp3) is 0.417. The molecule has 0 aliphatic rings. The second-order valence-corrected chi connectivity index (χ2v) is 3.45. The predicted octanol–water partition coefficient (Wildman–Crippen LogP) is 1.85. The van der Waals surface area contributed by atoms with Gasteiger partial charge in [-0.05, 0) is 25.5 Å². The molecule has 0 unspecified atom stereocenters. The zero-order valence-corrected chi connectivity index (χ0v) is 9.32. The molecule has 3 nitrogen and oxygen atoms in total. The van der Waals surface area contributed by atoms with E-state index in [-0.39, 0.29) is 12.2 Å². The van der Waals surface area contributed by atoms with Crippen molar-refractivity contribution < 1.29 is 14.3 Å². The van der Waals surface area contributed by atoms with Crippen molar-refractivity contribution in [3.8, 4) is 0 Å². The second kappa shape index (κ2) is 6.23. The van der Waals surface area contributed by atoms with Gasteiger partial charge in [-0.2, -0.15) is 0 Å². The van der Waals surface area contributed by atoms with E-state index in [1.807, 2.05) is 11.8 Å². The van der Waals surface area contributed by atoms with Crippen LogP contribution in [0, 0.1) is 5.82 Å². The highest BCUT2D eigenvalue weighted by Gasteiger charge is 2.12. The predicted molar refractivity (Wildman–Crippen MR) is 61.4 cm³/mol. The number of hydrogen-bond acceptors (Lipinski definition) is 3. The van der Waals surface area contributed by atoms with Gasteiger partial charge in [0.1, 0.15) is 5.82 Å². The van der Waals surface area contributed by atoms with Crippen LogP contribution in [-0.2, 0) is 0 Å². The minimum absolute atomic E-state index is 0.0855. The fourth-order valence-electron chi connectivity index (χ4n) is 1.63. The SMILES string of the molecule is CCN(CCCO)c1cccc(F)c1C=O. The van der Waals surface area contributed by atoms with Gasteiger partial charge in [-0.1, -0.05) is 6.07 Å². The molecule has 88 valence electrons. The molecule has 0 aliphatic heterocycles. The summed E-state index contributed by atoms with van der Waals surface area (Å²) in [5.74, 6) is -0.505. The summed E-state index contributed by atoms with van der Waals surface area (Å²) in [6.45, 7) is 3.29. The summed E-state index contributed by atoms with van der Waals surface area (Å²) in [7, 11) is 0. The van der Waals surface area contributed by atoms with Crippen molar-refractivity contribution in [1.82, 2.24) is 0 Å². The van der Waals surface area contributed by atoms with Gasteiger partial charge >= 0.3 is 0 Å². The van der Waals surface area contributed by atoms with Crippen molar-refractivity contribution in [2.24, 2.45) is 0 Å². The molecular formula is C12H16FNO2. The molecule has 0 spiro atoms. The summed E-state index contributed by atoms with van der Waals surface area (Å²) in [6, 6.07) is 4.57. The monoisotopic (exact) mass is 225 g/mol. The van der Waals surface area contributed by atoms with E-state index in [4.69, 9.17) is 5.11 Å². The molecule has 0 aliphatic carbocycles. The van der Waals surface area contributed by atoms with Crippen molar-refractivity contribution in [3.63, 3.8) is 0 Å². The number of aliphatic hydroxyl groups is 1. The highest BCUT2D eigenvalue weighted by atomic mass is 19.1. The minimum Gasteiger partial charge on any atom is -0.396 e. The first-order valence-corrected chi connectivity index (χ1v) is 5.34. The van der Waals surface area contributed by atoms with Crippen LogP contribution in [0.5, 0.6) is 0 Å². The molecule has 0 saturated heterocycles. The molecule has 0 heterocycles. The Morgan fingerprint density at radius 1 is 1.50 bits per heavy atom. The molecule has 16 heavy (non-hydrogen) atoms. The normalized spacial score (nSPS) is 10.2. The van der Waals surface area contributed by atoms with E-state index in [0.717, 1.165) is 0 Å². The van der Waals surface area contributed by atoms with Crippen LogP contribution in [0.2, 0.25) is 0 Å². The molecule has 0 amide bonds. The Bertz CT molecular complexity index is 355. The van der Waals surface area contributed by atoms with Gasteiger partial charge in [0.2, 0.25) is 0 Å². The molecule has 0 atom stereocenters. The van der Waals surface area contributed by atoms with Crippen molar-refractivity contribution in [2.45, 2.75) is 13.3 Å². The third-order valence-electron chi connectivity index (χ3n) is 2.46. The molecule has 1 rings (SSSR count). The van der Waals surface area contributed by atoms with Crippen molar-refractivity contribution in [1.29, 1.82) is 0 Å². The van der Waals surface area contributed by atoms with Crippen molar-refractivity contribution in [3.05, 3.63) is 29.6 Å². The number of rotatable bonds is 6. The molecule has 0 fully saturated rings. The maximum absolute atomic E-state index is 13.4. The van der Waals surface area contributed by atoms with Crippen LogP contribution in [0.15, 0.2) is 18.2 Å². The van der Waals surface area contributed by atoms with Crippen molar-refractivity contribution in [2.75, 3.05) is 24.6 Å². The first kappa shape index (κ1) is 12.6. The van der Waals surface area contributed by atoms with Gasteiger partial charge in [0.25, 0.3) is 0 Å². The molecule has 1 aromatic carbocycles. The Hall–Kier alpha value is -1.42. The summed E-state index contributed by atoms with van der Waals surface area (Å²) < 4.78 is 13.4. The topological polar surface area (TPSA) is 40.5 Å². The van der Waals surface area contributed by atoms with Gasteiger partial charge in [-0.15, -0.1) is 0 Å². The van der Waals surface area contributed by atoms with Gasteiger partial charge in [0, 0.05) is 19.7 Å². The number of anilines is 1. The number of aldehydes is 1. The third-order valence-corrected chi connectivity index (χ3v) is 2.46. The van der Waals surface area contributed by atoms with E-state index in [0.29, 0.717) is 31.5 Å². The first-order chi connectivity index (χ1) is 7.74. The second-order valence-electron chi connectivity index (χ2n) is 3.45. The number of halogens is 1. The molecule has 0 bridgehead atoms. The lowest BCUT2D eigenvalue weighted by Crippen LogP contribution is -2.26. The number of carbonyl (C=O) groups excluding carboxylic acids is 1. The lowest BCUT2D eigenvalue weighted by atomic mass is 10.1. The maximum Gasteiger partial charge on any atom is 0.155 e. The number of carbonyl (C=O) groups is 1. The summed E-state index contributed by atoms with van der Waals surface area (Å²) in [5.41, 5.74) is 0.674. The quantitative estimate of drug-likeness (QED) is 0.751. The van der Waals surface area contributed by atoms with E-state index in [9.17, 15) is 9.18 Å². The summed E-state index contributed by atoms with van der Waals surface area (Å²) >= 11 is 0. The first-order valence-electron chi connectivity index (χ1n) is 5.34. The summed E-state index contributed by atoms with van der Waals surface area (Å²) in [6.07, 6.45) is 1.13. The standard InChI is InChI=1S/C12H16FNO2/c1-2-14(7-4-8-15)12-6-3-5-11(13)10(12)9-16/h3,5-6,9,15H,2,4,7-8H2,1H3. The molecular weight excluding hydrogens is 209 g/mol. The Labute approximate surface area is 94.5 Å².